The Morgan fingerprint density at radius 3 is 2.56 bits per heavy atom. The van der Waals surface area contributed by atoms with E-state index in [1.807, 2.05) is 42.8 Å². The molecule has 1 heterocycles. The van der Waals surface area contributed by atoms with E-state index in [-0.39, 0.29) is 0 Å². The van der Waals surface area contributed by atoms with Crippen molar-refractivity contribution < 1.29 is 9.84 Å². The quantitative estimate of drug-likeness (QED) is 0.905. The van der Waals surface area contributed by atoms with Crippen molar-refractivity contribution in [1.82, 2.24) is 9.78 Å². The Balaban J connectivity index is 2.67. The van der Waals surface area contributed by atoms with Gasteiger partial charge in [0.1, 0.15) is 5.75 Å². The van der Waals surface area contributed by atoms with Crippen LogP contribution >= 0.6 is 0 Å². The third-order valence-corrected chi connectivity index (χ3v) is 2.92. The minimum atomic E-state index is -0.611. The highest BCUT2D eigenvalue weighted by Gasteiger charge is 2.17. The smallest absolute Gasteiger partial charge is 0.126 e. The Labute approximate surface area is 107 Å². The Hall–Kier alpha value is -1.81. The summed E-state index contributed by atoms with van der Waals surface area (Å²) >= 11 is 0. The summed E-state index contributed by atoms with van der Waals surface area (Å²) in [6.07, 6.45) is -0.611. The van der Waals surface area contributed by atoms with E-state index in [4.69, 9.17) is 4.74 Å². The molecule has 0 aliphatic carbocycles. The minimum absolute atomic E-state index is 0.611. The molecule has 0 amide bonds. The second-order valence-corrected chi connectivity index (χ2v) is 4.41. The Morgan fingerprint density at radius 1 is 1.33 bits per heavy atom. The third-order valence-electron chi connectivity index (χ3n) is 2.92. The Morgan fingerprint density at radius 2 is 2.06 bits per heavy atom. The molecule has 1 atom stereocenters. The molecule has 4 heteroatoms. The predicted octanol–water partition coefficient (Wildman–Crippen LogP) is 2.55. The van der Waals surface area contributed by atoms with Crippen LogP contribution in [0.5, 0.6) is 5.75 Å². The van der Waals surface area contributed by atoms with Crippen LogP contribution in [0, 0.1) is 13.8 Å². The highest BCUT2D eigenvalue weighted by Crippen LogP contribution is 2.31. The first kappa shape index (κ1) is 12.6. The molecular formula is C14H18N2O2. The summed E-state index contributed by atoms with van der Waals surface area (Å²) in [6.45, 7) is 5.67. The lowest BCUT2D eigenvalue weighted by Crippen LogP contribution is -2.07. The zero-order valence-corrected chi connectivity index (χ0v) is 11.1. The van der Waals surface area contributed by atoms with Crippen molar-refractivity contribution >= 4 is 0 Å². The van der Waals surface area contributed by atoms with Crippen molar-refractivity contribution in [3.63, 3.8) is 0 Å². The molecule has 96 valence electrons. The van der Waals surface area contributed by atoms with Crippen LogP contribution in [0.15, 0.2) is 24.3 Å². The van der Waals surface area contributed by atoms with Crippen molar-refractivity contribution in [2.24, 2.45) is 0 Å². The fourth-order valence-electron chi connectivity index (χ4n) is 2.19. The predicted molar refractivity (Wildman–Crippen MR) is 70.2 cm³/mol. The van der Waals surface area contributed by atoms with Crippen molar-refractivity contribution in [1.29, 1.82) is 0 Å². The van der Waals surface area contributed by atoms with Crippen LogP contribution in [0.2, 0.25) is 0 Å². The normalized spacial score (nSPS) is 12.5. The van der Waals surface area contributed by atoms with Crippen LogP contribution in [0.25, 0.3) is 5.69 Å². The SMILES string of the molecule is COc1cccc(-n2nc(C)cc2C)c1C(C)O. The van der Waals surface area contributed by atoms with Gasteiger partial charge in [0.2, 0.25) is 0 Å². The molecule has 0 aliphatic rings. The summed E-state index contributed by atoms with van der Waals surface area (Å²) in [6, 6.07) is 7.68. The van der Waals surface area contributed by atoms with Crippen LogP contribution in [-0.2, 0) is 0 Å². The van der Waals surface area contributed by atoms with E-state index < -0.39 is 6.10 Å². The molecule has 1 aromatic heterocycles. The second kappa shape index (κ2) is 4.82. The van der Waals surface area contributed by atoms with Crippen LogP contribution < -0.4 is 4.74 Å². The van der Waals surface area contributed by atoms with Gasteiger partial charge in [-0.25, -0.2) is 4.68 Å². The number of aliphatic hydroxyl groups is 1. The molecule has 0 saturated heterocycles. The van der Waals surface area contributed by atoms with Gasteiger partial charge in [-0.15, -0.1) is 0 Å². The van der Waals surface area contributed by atoms with E-state index in [0.717, 1.165) is 22.6 Å². The molecule has 4 nitrogen and oxygen atoms in total. The molecule has 2 aromatic rings. The van der Waals surface area contributed by atoms with E-state index >= 15 is 0 Å². The number of aromatic nitrogens is 2. The first-order chi connectivity index (χ1) is 8.54. The average Bonchev–Trinajstić information content (AvgIpc) is 2.67. The second-order valence-electron chi connectivity index (χ2n) is 4.41. The first-order valence-electron chi connectivity index (χ1n) is 5.93. The lowest BCUT2D eigenvalue weighted by atomic mass is 10.1. The van der Waals surface area contributed by atoms with Gasteiger partial charge in [0.25, 0.3) is 0 Å². The van der Waals surface area contributed by atoms with E-state index in [2.05, 4.69) is 5.10 Å². The number of aryl methyl sites for hydroxylation is 2. The Kier molecular flexibility index (Phi) is 3.39. The van der Waals surface area contributed by atoms with Gasteiger partial charge in [0, 0.05) is 11.3 Å². The molecule has 18 heavy (non-hydrogen) atoms. The van der Waals surface area contributed by atoms with Crippen LogP contribution in [0.1, 0.15) is 30.0 Å². The number of ether oxygens (including phenoxy) is 1. The number of rotatable bonds is 3. The van der Waals surface area contributed by atoms with Crippen molar-refractivity contribution in [2.75, 3.05) is 7.11 Å². The molecule has 0 saturated carbocycles. The average molecular weight is 246 g/mol. The summed E-state index contributed by atoms with van der Waals surface area (Å²) in [5.74, 6) is 0.676. The van der Waals surface area contributed by atoms with Crippen molar-refractivity contribution in [3.05, 3.63) is 41.2 Å². The van der Waals surface area contributed by atoms with E-state index in [9.17, 15) is 5.11 Å². The molecule has 0 radical (unpaired) electrons. The number of hydrogen-bond donors (Lipinski definition) is 1. The zero-order chi connectivity index (χ0) is 13.3. The van der Waals surface area contributed by atoms with Gasteiger partial charge < -0.3 is 9.84 Å². The Bertz CT molecular complexity index is 559. The molecule has 1 unspecified atom stereocenters. The van der Waals surface area contributed by atoms with Gasteiger partial charge in [0.15, 0.2) is 0 Å². The summed E-state index contributed by atoms with van der Waals surface area (Å²) in [5.41, 5.74) is 3.59. The fraction of sp³-hybridized carbons (Fsp3) is 0.357. The molecule has 0 aliphatic heterocycles. The van der Waals surface area contributed by atoms with Crippen molar-refractivity contribution in [3.8, 4) is 11.4 Å². The van der Waals surface area contributed by atoms with E-state index in [1.54, 1.807) is 14.0 Å². The van der Waals surface area contributed by atoms with Gasteiger partial charge in [-0.2, -0.15) is 5.10 Å². The third kappa shape index (κ3) is 2.11. The zero-order valence-electron chi connectivity index (χ0n) is 11.1. The molecule has 1 aromatic carbocycles. The topological polar surface area (TPSA) is 47.3 Å². The van der Waals surface area contributed by atoms with Crippen LogP contribution in [0.3, 0.4) is 0 Å². The standard InChI is InChI=1S/C14H18N2O2/c1-9-8-10(2)16(15-9)12-6-5-7-13(18-4)14(12)11(3)17/h5-8,11,17H,1-4H3. The maximum Gasteiger partial charge on any atom is 0.126 e. The number of benzene rings is 1. The van der Waals surface area contributed by atoms with Crippen LogP contribution in [-0.4, -0.2) is 22.0 Å². The number of aliphatic hydroxyl groups excluding tert-OH is 1. The number of methoxy groups -OCH3 is 1. The molecule has 0 bridgehead atoms. The maximum atomic E-state index is 9.95. The first-order valence-corrected chi connectivity index (χ1v) is 5.93. The fourth-order valence-corrected chi connectivity index (χ4v) is 2.19. The molecule has 1 N–H and O–H groups in total. The summed E-state index contributed by atoms with van der Waals surface area (Å²) in [5, 5.41) is 14.4. The van der Waals surface area contributed by atoms with Gasteiger partial charge in [-0.1, -0.05) is 6.07 Å². The highest BCUT2D eigenvalue weighted by molar-refractivity contribution is 5.51. The maximum absolute atomic E-state index is 9.95. The number of hydrogen-bond acceptors (Lipinski definition) is 3. The van der Waals surface area contributed by atoms with E-state index in [1.165, 1.54) is 0 Å². The summed E-state index contributed by atoms with van der Waals surface area (Å²) in [7, 11) is 1.60. The van der Waals surface area contributed by atoms with Gasteiger partial charge >= 0.3 is 0 Å². The summed E-state index contributed by atoms with van der Waals surface area (Å²) in [4.78, 5) is 0. The highest BCUT2D eigenvalue weighted by atomic mass is 16.5. The number of nitrogens with zero attached hydrogens (tertiary/aromatic N) is 2. The minimum Gasteiger partial charge on any atom is -0.496 e. The molecule has 0 spiro atoms. The molecule has 0 fully saturated rings. The lowest BCUT2D eigenvalue weighted by molar-refractivity contribution is 0.194. The molecular weight excluding hydrogens is 228 g/mol. The summed E-state index contributed by atoms with van der Waals surface area (Å²) < 4.78 is 7.15. The largest absolute Gasteiger partial charge is 0.496 e. The van der Waals surface area contributed by atoms with Gasteiger partial charge in [-0.05, 0) is 39.0 Å². The molecule has 2 rings (SSSR count). The van der Waals surface area contributed by atoms with Gasteiger partial charge in [0.05, 0.1) is 24.6 Å². The van der Waals surface area contributed by atoms with Gasteiger partial charge in [-0.3, -0.25) is 0 Å². The van der Waals surface area contributed by atoms with Crippen molar-refractivity contribution in [2.45, 2.75) is 26.9 Å². The lowest BCUT2D eigenvalue weighted by Gasteiger charge is -2.16. The monoisotopic (exact) mass is 246 g/mol. The van der Waals surface area contributed by atoms with E-state index in [0.29, 0.717) is 5.75 Å². The van der Waals surface area contributed by atoms with Crippen LogP contribution in [0.4, 0.5) is 0 Å².